The van der Waals surface area contributed by atoms with Crippen LogP contribution in [0, 0.1) is 0 Å². The van der Waals surface area contributed by atoms with E-state index in [1.165, 1.54) is 0 Å². The Bertz CT molecular complexity index is 288. The van der Waals surface area contributed by atoms with Gasteiger partial charge < -0.3 is 9.84 Å². The molecule has 0 atom stereocenters. The zero-order valence-corrected chi connectivity index (χ0v) is 9.15. The van der Waals surface area contributed by atoms with Gasteiger partial charge in [0.05, 0.1) is 6.61 Å². The zero-order valence-electron chi connectivity index (χ0n) is 9.15. The van der Waals surface area contributed by atoms with Crippen molar-refractivity contribution in [2.24, 2.45) is 0 Å². The molecule has 0 aromatic heterocycles. The molecule has 0 aliphatic heterocycles. The first-order valence-electron chi connectivity index (χ1n) is 5.37. The molecule has 15 heavy (non-hydrogen) atoms. The van der Waals surface area contributed by atoms with Crippen LogP contribution in [0.3, 0.4) is 0 Å². The normalized spacial score (nSPS) is 10.8. The minimum Gasteiger partial charge on any atom is -0.494 e. The average Bonchev–Trinajstić information content (AvgIpc) is 2.28. The Labute approximate surface area is 91.2 Å². The molecule has 2 nitrogen and oxygen atoms in total. The second kappa shape index (κ2) is 7.07. The van der Waals surface area contributed by atoms with E-state index in [1.807, 2.05) is 36.4 Å². The molecule has 0 spiro atoms. The predicted octanol–water partition coefficient (Wildman–Crippen LogP) is 2.87. The molecule has 1 aromatic rings. The van der Waals surface area contributed by atoms with E-state index < -0.39 is 0 Å². The van der Waals surface area contributed by atoms with Crippen LogP contribution in [0.25, 0.3) is 6.08 Å². The molecule has 0 aliphatic carbocycles. The molecular formula is C13H18O2. The largest absolute Gasteiger partial charge is 0.494 e. The summed E-state index contributed by atoms with van der Waals surface area (Å²) in [5.74, 6) is 0.913. The van der Waals surface area contributed by atoms with Crippen LogP contribution >= 0.6 is 0 Å². The summed E-state index contributed by atoms with van der Waals surface area (Å²) < 4.78 is 5.47. The van der Waals surface area contributed by atoms with Gasteiger partial charge in [0, 0.05) is 6.61 Å². The van der Waals surface area contributed by atoms with Crippen LogP contribution in [0.2, 0.25) is 0 Å². The first-order valence-corrected chi connectivity index (χ1v) is 5.37. The van der Waals surface area contributed by atoms with E-state index in [4.69, 9.17) is 9.84 Å². The Balaban J connectivity index is 2.48. The summed E-state index contributed by atoms with van der Waals surface area (Å²) in [7, 11) is 0. The fourth-order valence-electron chi connectivity index (χ4n) is 1.19. The van der Waals surface area contributed by atoms with Gasteiger partial charge in [0.2, 0.25) is 0 Å². The maximum atomic E-state index is 8.61. The highest BCUT2D eigenvalue weighted by Gasteiger charge is 1.91. The lowest BCUT2D eigenvalue weighted by atomic mass is 10.2. The van der Waals surface area contributed by atoms with Crippen LogP contribution < -0.4 is 4.74 Å². The third-order valence-corrected chi connectivity index (χ3v) is 1.96. The number of aliphatic hydroxyl groups is 1. The van der Waals surface area contributed by atoms with Crippen LogP contribution in [0.15, 0.2) is 30.3 Å². The van der Waals surface area contributed by atoms with Crippen LogP contribution in [-0.2, 0) is 0 Å². The van der Waals surface area contributed by atoms with Gasteiger partial charge in [0.15, 0.2) is 0 Å². The van der Waals surface area contributed by atoms with Crippen molar-refractivity contribution in [2.75, 3.05) is 13.2 Å². The van der Waals surface area contributed by atoms with Crippen molar-refractivity contribution >= 4 is 6.08 Å². The van der Waals surface area contributed by atoms with Crippen molar-refractivity contribution in [1.29, 1.82) is 0 Å². The molecule has 0 unspecified atom stereocenters. The van der Waals surface area contributed by atoms with Crippen molar-refractivity contribution in [3.63, 3.8) is 0 Å². The van der Waals surface area contributed by atoms with Crippen molar-refractivity contribution in [1.82, 2.24) is 0 Å². The summed E-state index contributed by atoms with van der Waals surface area (Å²) in [6.07, 6.45) is 5.69. The predicted molar refractivity (Wildman–Crippen MR) is 63.0 cm³/mol. The Hall–Kier alpha value is -1.28. The highest BCUT2D eigenvalue weighted by Crippen LogP contribution is 2.13. The minimum absolute atomic E-state index is 0.203. The van der Waals surface area contributed by atoms with Gasteiger partial charge in [0.1, 0.15) is 5.75 Å². The monoisotopic (exact) mass is 206 g/mol. The van der Waals surface area contributed by atoms with Gasteiger partial charge in [-0.2, -0.15) is 0 Å². The zero-order chi connectivity index (χ0) is 10.9. The smallest absolute Gasteiger partial charge is 0.119 e. The Kier molecular flexibility index (Phi) is 5.56. The van der Waals surface area contributed by atoms with E-state index in [0.29, 0.717) is 6.42 Å². The molecule has 0 bridgehead atoms. The Morgan fingerprint density at radius 3 is 2.60 bits per heavy atom. The summed E-state index contributed by atoms with van der Waals surface area (Å²) in [5, 5.41) is 8.61. The molecule has 0 radical (unpaired) electrons. The fraction of sp³-hybridized carbons (Fsp3) is 0.385. The van der Waals surface area contributed by atoms with Crippen molar-refractivity contribution in [2.45, 2.75) is 19.8 Å². The van der Waals surface area contributed by atoms with Crippen LogP contribution in [0.4, 0.5) is 0 Å². The van der Waals surface area contributed by atoms with Crippen molar-refractivity contribution < 1.29 is 9.84 Å². The molecule has 2 heteroatoms. The number of benzene rings is 1. The molecule has 1 rings (SSSR count). The lowest BCUT2D eigenvalue weighted by Gasteiger charge is -2.03. The summed E-state index contributed by atoms with van der Waals surface area (Å²) in [6, 6.07) is 7.96. The van der Waals surface area contributed by atoms with Gasteiger partial charge in [-0.25, -0.2) is 0 Å². The molecule has 0 saturated carbocycles. The fourth-order valence-corrected chi connectivity index (χ4v) is 1.19. The van der Waals surface area contributed by atoms with Gasteiger partial charge in [-0.05, 0) is 30.5 Å². The Morgan fingerprint density at radius 2 is 2.00 bits per heavy atom. The van der Waals surface area contributed by atoms with E-state index in [0.717, 1.165) is 24.3 Å². The molecule has 0 heterocycles. The SMILES string of the molecule is CCCOc1ccc(/C=C/CCO)cc1. The standard InChI is InChI=1S/C13H18O2/c1-2-11-15-13-8-6-12(7-9-13)5-3-4-10-14/h3,5-9,14H,2,4,10-11H2,1H3/b5-3+. The number of rotatable bonds is 6. The molecule has 1 aromatic carbocycles. The molecule has 82 valence electrons. The molecule has 0 aliphatic rings. The quantitative estimate of drug-likeness (QED) is 0.775. The lowest BCUT2D eigenvalue weighted by molar-refractivity contribution is 0.303. The third kappa shape index (κ3) is 4.66. The van der Waals surface area contributed by atoms with Crippen LogP contribution in [0.1, 0.15) is 25.3 Å². The van der Waals surface area contributed by atoms with Gasteiger partial charge in [-0.3, -0.25) is 0 Å². The maximum Gasteiger partial charge on any atom is 0.119 e. The summed E-state index contributed by atoms with van der Waals surface area (Å²) in [4.78, 5) is 0. The first-order chi connectivity index (χ1) is 7.36. The topological polar surface area (TPSA) is 29.5 Å². The van der Waals surface area contributed by atoms with E-state index >= 15 is 0 Å². The van der Waals surface area contributed by atoms with Gasteiger partial charge in [-0.1, -0.05) is 31.2 Å². The number of hydrogen-bond donors (Lipinski definition) is 1. The maximum absolute atomic E-state index is 8.61. The molecular weight excluding hydrogens is 188 g/mol. The van der Waals surface area contributed by atoms with Crippen molar-refractivity contribution in [3.8, 4) is 5.75 Å². The van der Waals surface area contributed by atoms with E-state index in [2.05, 4.69) is 6.92 Å². The van der Waals surface area contributed by atoms with Gasteiger partial charge in [-0.15, -0.1) is 0 Å². The summed E-state index contributed by atoms with van der Waals surface area (Å²) >= 11 is 0. The highest BCUT2D eigenvalue weighted by molar-refractivity contribution is 5.50. The lowest BCUT2D eigenvalue weighted by Crippen LogP contribution is -1.94. The van der Waals surface area contributed by atoms with E-state index in [9.17, 15) is 0 Å². The second-order valence-corrected chi connectivity index (χ2v) is 3.33. The number of hydrogen-bond acceptors (Lipinski definition) is 2. The van der Waals surface area contributed by atoms with Crippen LogP contribution in [-0.4, -0.2) is 18.3 Å². The minimum atomic E-state index is 0.203. The van der Waals surface area contributed by atoms with E-state index in [-0.39, 0.29) is 6.61 Å². The third-order valence-electron chi connectivity index (χ3n) is 1.96. The molecule has 0 saturated heterocycles. The Morgan fingerprint density at radius 1 is 1.27 bits per heavy atom. The highest BCUT2D eigenvalue weighted by atomic mass is 16.5. The summed E-state index contributed by atoms with van der Waals surface area (Å²) in [6.45, 7) is 3.06. The molecule has 0 fully saturated rings. The average molecular weight is 206 g/mol. The van der Waals surface area contributed by atoms with Crippen LogP contribution in [0.5, 0.6) is 5.75 Å². The summed E-state index contributed by atoms with van der Waals surface area (Å²) in [5.41, 5.74) is 1.13. The number of aliphatic hydroxyl groups excluding tert-OH is 1. The second-order valence-electron chi connectivity index (χ2n) is 3.33. The van der Waals surface area contributed by atoms with Gasteiger partial charge >= 0.3 is 0 Å². The van der Waals surface area contributed by atoms with E-state index in [1.54, 1.807) is 0 Å². The van der Waals surface area contributed by atoms with Gasteiger partial charge in [0.25, 0.3) is 0 Å². The molecule has 0 amide bonds. The molecule has 1 N–H and O–H groups in total. The van der Waals surface area contributed by atoms with Crippen molar-refractivity contribution in [3.05, 3.63) is 35.9 Å². The first kappa shape index (κ1) is 11.8. The number of ether oxygens (including phenoxy) is 1.